The van der Waals surface area contributed by atoms with Gasteiger partial charge in [0.1, 0.15) is 0 Å². The van der Waals surface area contributed by atoms with Crippen molar-refractivity contribution in [3.63, 3.8) is 0 Å². The normalized spacial score (nSPS) is 11.1. The zero-order valence-corrected chi connectivity index (χ0v) is 8.90. The van der Waals surface area contributed by atoms with Crippen molar-refractivity contribution in [3.05, 3.63) is 54.8 Å². The lowest BCUT2D eigenvalue weighted by Crippen LogP contribution is -2.15. The molecule has 0 unspecified atom stereocenters. The summed E-state index contributed by atoms with van der Waals surface area (Å²) in [7, 11) is 2.08. The van der Waals surface area contributed by atoms with Crippen LogP contribution in [0.4, 0.5) is 5.69 Å². The zero-order valence-electron chi connectivity index (χ0n) is 8.90. The van der Waals surface area contributed by atoms with Gasteiger partial charge in [-0.05, 0) is 24.6 Å². The minimum atomic E-state index is 1.01. The van der Waals surface area contributed by atoms with Gasteiger partial charge >= 0.3 is 0 Å². The summed E-state index contributed by atoms with van der Waals surface area (Å²) in [6, 6.07) is 10.3. The topological polar surface area (TPSA) is 3.24 Å². The monoisotopic (exact) mass is 187 g/mol. The van der Waals surface area contributed by atoms with Crippen LogP contribution in [-0.2, 0) is 0 Å². The van der Waals surface area contributed by atoms with Crippen molar-refractivity contribution in [2.45, 2.75) is 13.3 Å². The molecule has 0 saturated carbocycles. The Bertz CT molecular complexity index is 311. The fraction of sp³-hybridized carbons (Fsp3) is 0.231. The zero-order chi connectivity index (χ0) is 10.4. The molecule has 0 spiro atoms. The van der Waals surface area contributed by atoms with Gasteiger partial charge in [0.2, 0.25) is 0 Å². The first-order valence-corrected chi connectivity index (χ1v) is 4.90. The van der Waals surface area contributed by atoms with Gasteiger partial charge in [0.25, 0.3) is 0 Å². The van der Waals surface area contributed by atoms with Crippen LogP contribution in [-0.4, -0.2) is 7.05 Å². The van der Waals surface area contributed by atoms with Gasteiger partial charge in [-0.3, -0.25) is 0 Å². The molecule has 0 amide bonds. The van der Waals surface area contributed by atoms with Crippen molar-refractivity contribution >= 4 is 5.69 Å². The van der Waals surface area contributed by atoms with Crippen molar-refractivity contribution in [2.24, 2.45) is 0 Å². The summed E-state index contributed by atoms with van der Waals surface area (Å²) in [5.41, 5.74) is 2.48. The third kappa shape index (κ3) is 2.49. The molecule has 0 aliphatic rings. The molecule has 74 valence electrons. The number of allylic oxidation sites excluding steroid dienone is 3. The summed E-state index contributed by atoms with van der Waals surface area (Å²) in [6.07, 6.45) is 4.89. The summed E-state index contributed by atoms with van der Waals surface area (Å²) in [5, 5.41) is 0. The lowest BCUT2D eigenvalue weighted by atomic mass is 10.2. The lowest BCUT2D eigenvalue weighted by molar-refractivity contribution is 0.977. The molecule has 0 aliphatic heterocycles. The van der Waals surface area contributed by atoms with Crippen LogP contribution in [0.1, 0.15) is 13.3 Å². The maximum Gasteiger partial charge on any atom is 0.0405 e. The highest BCUT2D eigenvalue weighted by Crippen LogP contribution is 2.18. The number of hydrogen-bond acceptors (Lipinski definition) is 1. The van der Waals surface area contributed by atoms with Gasteiger partial charge < -0.3 is 4.90 Å². The van der Waals surface area contributed by atoms with Crippen molar-refractivity contribution < 1.29 is 0 Å². The quantitative estimate of drug-likeness (QED) is 0.651. The number of benzene rings is 1. The van der Waals surface area contributed by atoms with E-state index < -0.39 is 0 Å². The van der Waals surface area contributed by atoms with E-state index >= 15 is 0 Å². The molecule has 0 radical (unpaired) electrons. The van der Waals surface area contributed by atoms with Crippen molar-refractivity contribution in [1.29, 1.82) is 0 Å². The largest absolute Gasteiger partial charge is 0.348 e. The van der Waals surface area contributed by atoms with E-state index in [1.807, 2.05) is 30.4 Å². The van der Waals surface area contributed by atoms with Crippen LogP contribution in [0, 0.1) is 0 Å². The van der Waals surface area contributed by atoms with E-state index in [1.54, 1.807) is 0 Å². The van der Waals surface area contributed by atoms with E-state index in [9.17, 15) is 0 Å². The molecule has 1 heteroatoms. The van der Waals surface area contributed by atoms with Gasteiger partial charge in [0.05, 0.1) is 0 Å². The molecule has 0 aliphatic carbocycles. The second kappa shape index (κ2) is 5.28. The predicted octanol–water partition coefficient (Wildman–Crippen LogP) is 3.60. The second-order valence-corrected chi connectivity index (χ2v) is 3.14. The van der Waals surface area contributed by atoms with Gasteiger partial charge in [-0.25, -0.2) is 0 Å². The molecule has 0 bridgehead atoms. The second-order valence-electron chi connectivity index (χ2n) is 3.14. The SMILES string of the molecule is C=C/C=C(\CC)N(C)c1ccccc1. The minimum absolute atomic E-state index is 1.01. The van der Waals surface area contributed by atoms with Crippen molar-refractivity contribution in [1.82, 2.24) is 0 Å². The summed E-state index contributed by atoms with van der Waals surface area (Å²) in [6.45, 7) is 5.87. The van der Waals surface area contributed by atoms with Crippen LogP contribution in [0.2, 0.25) is 0 Å². The Balaban J connectivity index is 2.89. The molecule has 1 nitrogen and oxygen atoms in total. The number of nitrogens with zero attached hydrogens (tertiary/aromatic N) is 1. The molecule has 14 heavy (non-hydrogen) atoms. The summed E-state index contributed by atoms with van der Waals surface area (Å²) in [5.74, 6) is 0. The maximum atomic E-state index is 3.72. The van der Waals surface area contributed by atoms with E-state index in [4.69, 9.17) is 0 Å². The fourth-order valence-corrected chi connectivity index (χ4v) is 1.42. The maximum absolute atomic E-state index is 3.72. The van der Waals surface area contributed by atoms with Crippen LogP contribution in [0.5, 0.6) is 0 Å². The number of hydrogen-bond donors (Lipinski definition) is 0. The highest BCUT2D eigenvalue weighted by molar-refractivity contribution is 5.51. The molecule has 0 heterocycles. The van der Waals surface area contributed by atoms with E-state index in [0.29, 0.717) is 0 Å². The highest BCUT2D eigenvalue weighted by atomic mass is 15.1. The summed E-state index contributed by atoms with van der Waals surface area (Å²) >= 11 is 0. The molecule has 0 saturated heterocycles. The third-order valence-electron chi connectivity index (χ3n) is 2.25. The van der Waals surface area contributed by atoms with Gasteiger partial charge in [0, 0.05) is 18.4 Å². The Kier molecular flexibility index (Phi) is 3.99. The number of anilines is 1. The average Bonchev–Trinajstić information content (AvgIpc) is 2.26. The average molecular weight is 187 g/mol. The van der Waals surface area contributed by atoms with Crippen LogP contribution < -0.4 is 4.90 Å². The molecule has 1 rings (SSSR count). The Morgan fingerprint density at radius 1 is 1.36 bits per heavy atom. The Hall–Kier alpha value is -1.50. The first kappa shape index (κ1) is 10.6. The van der Waals surface area contributed by atoms with Gasteiger partial charge in [-0.1, -0.05) is 37.8 Å². The predicted molar refractivity (Wildman–Crippen MR) is 63.4 cm³/mol. The Morgan fingerprint density at radius 2 is 2.00 bits per heavy atom. The van der Waals surface area contributed by atoms with Crippen LogP contribution in [0.3, 0.4) is 0 Å². The van der Waals surface area contributed by atoms with Gasteiger partial charge in [-0.15, -0.1) is 0 Å². The molecule has 0 atom stereocenters. The van der Waals surface area contributed by atoms with Crippen LogP contribution >= 0.6 is 0 Å². The van der Waals surface area contributed by atoms with E-state index in [-0.39, 0.29) is 0 Å². The first-order chi connectivity index (χ1) is 6.79. The van der Waals surface area contributed by atoms with E-state index in [1.165, 1.54) is 11.4 Å². The first-order valence-electron chi connectivity index (χ1n) is 4.90. The van der Waals surface area contributed by atoms with Crippen molar-refractivity contribution in [2.75, 3.05) is 11.9 Å². The number of rotatable bonds is 4. The third-order valence-corrected chi connectivity index (χ3v) is 2.25. The smallest absolute Gasteiger partial charge is 0.0405 e. The Morgan fingerprint density at radius 3 is 2.50 bits per heavy atom. The molecule has 1 aromatic rings. The van der Waals surface area contributed by atoms with Crippen molar-refractivity contribution in [3.8, 4) is 0 Å². The lowest BCUT2D eigenvalue weighted by Gasteiger charge is -2.21. The molecule has 1 aromatic carbocycles. The fourth-order valence-electron chi connectivity index (χ4n) is 1.42. The standard InChI is InChI=1S/C13H17N/c1-4-9-12(5-2)14(3)13-10-7-6-8-11-13/h4,6-11H,1,5H2,2-3H3/b12-9+. The van der Waals surface area contributed by atoms with Crippen LogP contribution in [0.15, 0.2) is 54.8 Å². The molecule has 0 aromatic heterocycles. The van der Waals surface area contributed by atoms with E-state index in [2.05, 4.69) is 37.6 Å². The molecular formula is C13H17N. The molecular weight excluding hydrogens is 170 g/mol. The summed E-state index contributed by atoms with van der Waals surface area (Å²) in [4.78, 5) is 2.18. The van der Waals surface area contributed by atoms with E-state index in [0.717, 1.165) is 6.42 Å². The molecule has 0 N–H and O–H groups in total. The van der Waals surface area contributed by atoms with Gasteiger partial charge in [-0.2, -0.15) is 0 Å². The van der Waals surface area contributed by atoms with Gasteiger partial charge in [0.15, 0.2) is 0 Å². The minimum Gasteiger partial charge on any atom is -0.348 e. The molecule has 0 fully saturated rings. The number of para-hydroxylation sites is 1. The van der Waals surface area contributed by atoms with Crippen LogP contribution in [0.25, 0.3) is 0 Å². The Labute approximate surface area is 86.4 Å². The highest BCUT2D eigenvalue weighted by Gasteiger charge is 2.02. The summed E-state index contributed by atoms with van der Waals surface area (Å²) < 4.78 is 0.